The van der Waals surface area contributed by atoms with Gasteiger partial charge in [-0.25, -0.2) is 4.98 Å². The zero-order valence-electron chi connectivity index (χ0n) is 13.9. The van der Waals surface area contributed by atoms with E-state index in [4.69, 9.17) is 9.47 Å². The van der Waals surface area contributed by atoms with Gasteiger partial charge < -0.3 is 14.0 Å². The molecular formula is C18H24N4O2. The van der Waals surface area contributed by atoms with E-state index in [2.05, 4.69) is 25.6 Å². The summed E-state index contributed by atoms with van der Waals surface area (Å²) in [4.78, 5) is 11.4. The number of fused-ring (bicyclic) bond motifs is 1. The molecule has 0 aliphatic carbocycles. The van der Waals surface area contributed by atoms with Gasteiger partial charge in [-0.15, -0.1) is 0 Å². The monoisotopic (exact) mass is 328 g/mol. The van der Waals surface area contributed by atoms with Gasteiger partial charge in [0.25, 0.3) is 0 Å². The largest absolute Gasteiger partial charge is 0.380 e. The van der Waals surface area contributed by atoms with Crippen LogP contribution in [0.3, 0.4) is 0 Å². The van der Waals surface area contributed by atoms with E-state index >= 15 is 0 Å². The van der Waals surface area contributed by atoms with Crippen molar-refractivity contribution in [1.29, 1.82) is 0 Å². The number of imidazole rings is 1. The molecule has 2 atom stereocenters. The number of hydrogen-bond acceptors (Lipinski definition) is 5. The molecule has 0 unspecified atom stereocenters. The summed E-state index contributed by atoms with van der Waals surface area (Å²) in [5.41, 5.74) is 0.982. The van der Waals surface area contributed by atoms with E-state index in [-0.39, 0.29) is 0 Å². The third kappa shape index (κ3) is 3.66. The minimum Gasteiger partial charge on any atom is -0.380 e. The summed E-state index contributed by atoms with van der Waals surface area (Å²) in [5, 5.41) is 0. The first kappa shape index (κ1) is 15.7. The van der Waals surface area contributed by atoms with Crippen molar-refractivity contribution in [2.45, 2.75) is 32.2 Å². The Balaban J connectivity index is 1.39. The van der Waals surface area contributed by atoms with Gasteiger partial charge in [-0.05, 0) is 18.6 Å². The summed E-state index contributed by atoms with van der Waals surface area (Å²) in [6.07, 6.45) is 6.90. The van der Waals surface area contributed by atoms with Crippen molar-refractivity contribution >= 4 is 0 Å². The summed E-state index contributed by atoms with van der Waals surface area (Å²) in [7, 11) is 0. The van der Waals surface area contributed by atoms with Crippen LogP contribution in [-0.4, -0.2) is 51.8 Å². The van der Waals surface area contributed by atoms with Crippen LogP contribution in [0.15, 0.2) is 36.8 Å². The Morgan fingerprint density at radius 3 is 3.04 bits per heavy atom. The van der Waals surface area contributed by atoms with Crippen molar-refractivity contribution in [2.24, 2.45) is 5.92 Å². The summed E-state index contributed by atoms with van der Waals surface area (Å²) in [6.45, 7) is 5.90. The van der Waals surface area contributed by atoms with Gasteiger partial charge in [-0.1, -0.05) is 6.07 Å². The Morgan fingerprint density at radius 1 is 1.21 bits per heavy atom. The molecule has 0 spiro atoms. The van der Waals surface area contributed by atoms with Gasteiger partial charge in [0, 0.05) is 50.2 Å². The Labute approximate surface area is 142 Å². The van der Waals surface area contributed by atoms with Crippen LogP contribution in [0, 0.1) is 5.92 Å². The van der Waals surface area contributed by atoms with E-state index in [1.807, 2.05) is 30.6 Å². The van der Waals surface area contributed by atoms with Gasteiger partial charge >= 0.3 is 0 Å². The highest BCUT2D eigenvalue weighted by Crippen LogP contribution is 2.22. The molecule has 1 saturated heterocycles. The number of aromatic nitrogens is 3. The van der Waals surface area contributed by atoms with Crippen LogP contribution in [0.4, 0.5) is 0 Å². The molecule has 1 fully saturated rings. The molecular weight excluding hydrogens is 304 g/mol. The smallest absolute Gasteiger partial charge is 0.122 e. The molecule has 0 aromatic carbocycles. The van der Waals surface area contributed by atoms with Crippen LogP contribution in [0.25, 0.3) is 0 Å². The van der Waals surface area contributed by atoms with Gasteiger partial charge in [0.1, 0.15) is 5.82 Å². The zero-order valence-corrected chi connectivity index (χ0v) is 13.9. The quantitative estimate of drug-likeness (QED) is 0.836. The lowest BCUT2D eigenvalue weighted by molar-refractivity contribution is 0.0552. The van der Waals surface area contributed by atoms with Crippen molar-refractivity contribution in [1.82, 2.24) is 19.4 Å². The number of nitrogens with zero attached hydrogens (tertiary/aromatic N) is 4. The molecule has 128 valence electrons. The predicted octanol–water partition coefficient (Wildman–Crippen LogP) is 1.72. The summed E-state index contributed by atoms with van der Waals surface area (Å²) in [6, 6.07) is 6.43. The first-order valence-electron chi connectivity index (χ1n) is 8.68. The van der Waals surface area contributed by atoms with Crippen LogP contribution in [0.5, 0.6) is 0 Å². The first-order chi connectivity index (χ1) is 11.9. The average molecular weight is 328 g/mol. The number of rotatable bonds is 5. The molecule has 0 bridgehead atoms. The maximum atomic E-state index is 5.96. The Bertz CT molecular complexity index is 639. The second-order valence-electron chi connectivity index (χ2n) is 6.64. The molecule has 2 aromatic heterocycles. The second-order valence-corrected chi connectivity index (χ2v) is 6.64. The number of ether oxygens (including phenoxy) is 2. The van der Waals surface area contributed by atoms with E-state index in [0.717, 1.165) is 57.4 Å². The molecule has 4 rings (SSSR count). The Kier molecular flexibility index (Phi) is 4.87. The summed E-state index contributed by atoms with van der Waals surface area (Å²) < 4.78 is 13.8. The molecule has 0 saturated carbocycles. The van der Waals surface area contributed by atoms with Gasteiger partial charge in [0.15, 0.2) is 0 Å². The van der Waals surface area contributed by atoms with Crippen LogP contribution in [-0.2, 0) is 29.2 Å². The molecule has 2 aliphatic rings. The fourth-order valence-corrected chi connectivity index (χ4v) is 3.58. The lowest BCUT2D eigenvalue weighted by atomic mass is 10.1. The van der Waals surface area contributed by atoms with Crippen molar-refractivity contribution in [3.63, 3.8) is 0 Å². The minimum absolute atomic E-state index is 0.449. The normalized spacial score (nSPS) is 24.7. The second kappa shape index (κ2) is 7.42. The topological polar surface area (TPSA) is 52.4 Å². The van der Waals surface area contributed by atoms with E-state index in [1.165, 1.54) is 0 Å². The molecule has 6 heteroatoms. The average Bonchev–Trinajstić information content (AvgIpc) is 3.25. The third-order valence-corrected chi connectivity index (χ3v) is 4.85. The van der Waals surface area contributed by atoms with Crippen molar-refractivity contribution in [2.75, 3.05) is 26.4 Å². The van der Waals surface area contributed by atoms with E-state index in [0.29, 0.717) is 18.6 Å². The molecule has 6 nitrogen and oxygen atoms in total. The van der Waals surface area contributed by atoms with Crippen LogP contribution >= 0.6 is 0 Å². The van der Waals surface area contributed by atoms with Gasteiger partial charge in [0.2, 0.25) is 0 Å². The molecule has 2 aliphatic heterocycles. The highest BCUT2D eigenvalue weighted by molar-refractivity contribution is 5.02. The molecule has 0 amide bonds. The van der Waals surface area contributed by atoms with Crippen molar-refractivity contribution in [3.05, 3.63) is 48.3 Å². The lowest BCUT2D eigenvalue weighted by Gasteiger charge is -2.28. The summed E-state index contributed by atoms with van der Waals surface area (Å²) >= 11 is 0. The first-order valence-corrected chi connectivity index (χ1v) is 8.68. The van der Waals surface area contributed by atoms with Crippen LogP contribution < -0.4 is 0 Å². The zero-order chi connectivity index (χ0) is 16.2. The fourth-order valence-electron chi connectivity index (χ4n) is 3.58. The van der Waals surface area contributed by atoms with Crippen molar-refractivity contribution in [3.8, 4) is 0 Å². The minimum atomic E-state index is 0.449. The maximum Gasteiger partial charge on any atom is 0.122 e. The molecule has 2 aromatic rings. The van der Waals surface area contributed by atoms with Crippen molar-refractivity contribution < 1.29 is 9.47 Å². The molecule has 24 heavy (non-hydrogen) atoms. The SMILES string of the molecule is c1ccc(COC[C@@H]2CN([C@H]3CCOC3)Cc3nccn3C2)nc1. The van der Waals surface area contributed by atoms with Gasteiger partial charge in [-0.3, -0.25) is 9.88 Å². The van der Waals surface area contributed by atoms with Gasteiger partial charge in [-0.2, -0.15) is 0 Å². The van der Waals surface area contributed by atoms with E-state index < -0.39 is 0 Å². The molecule has 0 N–H and O–H groups in total. The number of pyridine rings is 1. The van der Waals surface area contributed by atoms with Gasteiger partial charge in [0.05, 0.1) is 32.1 Å². The Hall–Kier alpha value is -1.76. The Morgan fingerprint density at radius 2 is 2.21 bits per heavy atom. The summed E-state index contributed by atoms with van der Waals surface area (Å²) in [5.74, 6) is 1.60. The van der Waals surface area contributed by atoms with E-state index in [1.54, 1.807) is 0 Å². The highest BCUT2D eigenvalue weighted by Gasteiger charge is 2.29. The standard InChI is InChI=1S/C18H24N4O2/c1-2-5-19-16(3-1)13-24-12-15-9-21-7-6-20-18(21)11-22(10-15)17-4-8-23-14-17/h1-3,5-7,15,17H,4,8-14H2/t15-,17-/m0/s1. The molecule has 0 radical (unpaired) electrons. The van der Waals surface area contributed by atoms with Crippen LogP contribution in [0.2, 0.25) is 0 Å². The van der Waals surface area contributed by atoms with E-state index in [9.17, 15) is 0 Å². The lowest BCUT2D eigenvalue weighted by Crippen LogP contribution is -2.39. The third-order valence-electron chi connectivity index (χ3n) is 4.85. The highest BCUT2D eigenvalue weighted by atomic mass is 16.5. The molecule has 4 heterocycles. The maximum absolute atomic E-state index is 5.96. The predicted molar refractivity (Wildman–Crippen MR) is 89.2 cm³/mol. The number of hydrogen-bond donors (Lipinski definition) is 0. The fraction of sp³-hybridized carbons (Fsp3) is 0.556. The van der Waals surface area contributed by atoms with Crippen LogP contribution in [0.1, 0.15) is 17.9 Å².